The first-order valence-electron chi connectivity index (χ1n) is 15.2. The van der Waals surface area contributed by atoms with Crippen LogP contribution in [0.5, 0.6) is 0 Å². The standard InChI is InChI=1S/C31H61NO2/c1-6-7-8-9-10-11-12-13-14-15-16-17-18-19-20-21-22-23-24-25-29(33)34-28-26-30(2,3)32-31(4,5)27-28/h28,32H,6-27H2,1-5H3. The van der Waals surface area contributed by atoms with Gasteiger partial charge in [-0.1, -0.05) is 122 Å². The number of carbonyl (C=O) groups excluding carboxylic acids is 1. The third-order valence-corrected chi connectivity index (χ3v) is 7.44. The zero-order chi connectivity index (χ0) is 25.1. The number of rotatable bonds is 21. The van der Waals surface area contributed by atoms with E-state index in [1.807, 2.05) is 0 Å². The van der Waals surface area contributed by atoms with Crippen LogP contribution in [0.3, 0.4) is 0 Å². The third-order valence-electron chi connectivity index (χ3n) is 7.44. The highest BCUT2D eigenvalue weighted by molar-refractivity contribution is 5.69. The second-order valence-corrected chi connectivity index (χ2v) is 12.5. The van der Waals surface area contributed by atoms with Crippen molar-refractivity contribution in [1.82, 2.24) is 5.32 Å². The molecule has 0 amide bonds. The van der Waals surface area contributed by atoms with Crippen molar-refractivity contribution in [3.63, 3.8) is 0 Å². The number of unbranched alkanes of at least 4 members (excludes halogenated alkanes) is 18. The van der Waals surface area contributed by atoms with Gasteiger partial charge in [0.25, 0.3) is 0 Å². The van der Waals surface area contributed by atoms with Crippen LogP contribution < -0.4 is 5.32 Å². The zero-order valence-corrected chi connectivity index (χ0v) is 24.0. The van der Waals surface area contributed by atoms with Crippen molar-refractivity contribution in [1.29, 1.82) is 0 Å². The molecule has 0 aromatic carbocycles. The Kier molecular flexibility index (Phi) is 17.3. The van der Waals surface area contributed by atoms with E-state index < -0.39 is 0 Å². The highest BCUT2D eigenvalue weighted by Crippen LogP contribution is 2.30. The van der Waals surface area contributed by atoms with Crippen LogP contribution in [-0.2, 0) is 9.53 Å². The number of hydrogen-bond donors (Lipinski definition) is 1. The van der Waals surface area contributed by atoms with Gasteiger partial charge < -0.3 is 10.1 Å². The van der Waals surface area contributed by atoms with Crippen molar-refractivity contribution in [2.45, 2.75) is 193 Å². The van der Waals surface area contributed by atoms with Crippen molar-refractivity contribution in [3.8, 4) is 0 Å². The van der Waals surface area contributed by atoms with E-state index in [-0.39, 0.29) is 23.2 Å². The van der Waals surface area contributed by atoms with Crippen LogP contribution in [0.15, 0.2) is 0 Å². The van der Waals surface area contributed by atoms with Crippen LogP contribution >= 0.6 is 0 Å². The van der Waals surface area contributed by atoms with Gasteiger partial charge in [0.05, 0.1) is 0 Å². The zero-order valence-electron chi connectivity index (χ0n) is 24.0. The molecule has 1 aliphatic heterocycles. The number of ether oxygens (including phenoxy) is 1. The van der Waals surface area contributed by atoms with E-state index in [2.05, 4.69) is 39.9 Å². The molecule has 1 heterocycles. The van der Waals surface area contributed by atoms with Gasteiger partial charge in [0.2, 0.25) is 0 Å². The molecule has 3 nitrogen and oxygen atoms in total. The van der Waals surface area contributed by atoms with E-state index in [9.17, 15) is 4.79 Å². The van der Waals surface area contributed by atoms with E-state index in [0.717, 1.165) is 25.7 Å². The molecule has 1 fully saturated rings. The molecule has 34 heavy (non-hydrogen) atoms. The molecule has 0 atom stereocenters. The molecule has 0 bridgehead atoms. The summed E-state index contributed by atoms with van der Waals surface area (Å²) in [5.41, 5.74) is 0.0554. The summed E-state index contributed by atoms with van der Waals surface area (Å²) in [4.78, 5) is 12.3. The first kappa shape index (κ1) is 31.5. The highest BCUT2D eigenvalue weighted by Gasteiger charge is 2.39. The molecule has 1 rings (SSSR count). The third kappa shape index (κ3) is 17.8. The summed E-state index contributed by atoms with van der Waals surface area (Å²) in [5.74, 6) is 0.00507. The maximum Gasteiger partial charge on any atom is 0.306 e. The van der Waals surface area contributed by atoms with Crippen LogP contribution in [0.2, 0.25) is 0 Å². The second-order valence-electron chi connectivity index (χ2n) is 12.5. The first-order valence-corrected chi connectivity index (χ1v) is 15.2. The lowest BCUT2D eigenvalue weighted by atomic mass is 9.81. The van der Waals surface area contributed by atoms with Gasteiger partial charge in [0.15, 0.2) is 0 Å². The summed E-state index contributed by atoms with van der Waals surface area (Å²) in [7, 11) is 0. The summed E-state index contributed by atoms with van der Waals surface area (Å²) >= 11 is 0. The Hall–Kier alpha value is -0.570. The van der Waals surface area contributed by atoms with Crippen LogP contribution in [0.1, 0.15) is 176 Å². The van der Waals surface area contributed by atoms with Gasteiger partial charge in [0.1, 0.15) is 6.10 Å². The predicted octanol–water partition coefficient (Wildman–Crippen LogP) is 9.66. The second kappa shape index (κ2) is 18.7. The van der Waals surface area contributed by atoms with Gasteiger partial charge in [-0.2, -0.15) is 0 Å². The SMILES string of the molecule is CCCCCCCCCCCCCCCCCCCCCC(=O)OC1CC(C)(C)NC(C)(C)C1. The Bertz CT molecular complexity index is 484. The molecule has 1 N–H and O–H groups in total. The van der Waals surface area contributed by atoms with Gasteiger partial charge in [-0.25, -0.2) is 0 Å². The molecular weight excluding hydrogens is 418 g/mol. The Labute approximate surface area is 214 Å². The average Bonchev–Trinajstić information content (AvgIpc) is 2.73. The predicted molar refractivity (Wildman–Crippen MR) is 148 cm³/mol. The average molecular weight is 480 g/mol. The lowest BCUT2D eigenvalue weighted by Gasteiger charge is -2.45. The normalized spacial score (nSPS) is 17.7. The number of nitrogens with one attached hydrogen (secondary N) is 1. The topological polar surface area (TPSA) is 38.3 Å². The molecular formula is C31H61NO2. The van der Waals surface area contributed by atoms with Gasteiger partial charge in [0, 0.05) is 30.3 Å². The minimum absolute atomic E-state index is 0.00507. The van der Waals surface area contributed by atoms with Gasteiger partial charge in [-0.3, -0.25) is 4.79 Å². The lowest BCUT2D eigenvalue weighted by Crippen LogP contribution is -2.59. The maximum atomic E-state index is 12.3. The number of carbonyl (C=O) groups is 1. The quantitative estimate of drug-likeness (QED) is 0.131. The van der Waals surface area contributed by atoms with Gasteiger partial charge in [-0.05, 0) is 34.1 Å². The summed E-state index contributed by atoms with van der Waals surface area (Å²) in [6, 6.07) is 0. The molecule has 1 saturated heterocycles. The molecule has 3 heteroatoms. The fraction of sp³-hybridized carbons (Fsp3) is 0.968. The fourth-order valence-corrected chi connectivity index (χ4v) is 5.90. The Morgan fingerprint density at radius 3 is 1.29 bits per heavy atom. The van der Waals surface area contributed by atoms with Crippen LogP contribution in [0.25, 0.3) is 0 Å². The molecule has 0 aliphatic carbocycles. The molecule has 202 valence electrons. The number of esters is 1. The van der Waals surface area contributed by atoms with Crippen LogP contribution in [0.4, 0.5) is 0 Å². The molecule has 0 radical (unpaired) electrons. The van der Waals surface area contributed by atoms with E-state index >= 15 is 0 Å². The minimum Gasteiger partial charge on any atom is -0.462 e. The fourth-order valence-electron chi connectivity index (χ4n) is 5.90. The Morgan fingerprint density at radius 1 is 0.618 bits per heavy atom. The lowest BCUT2D eigenvalue weighted by molar-refractivity contribution is -0.153. The highest BCUT2D eigenvalue weighted by atomic mass is 16.5. The summed E-state index contributed by atoms with van der Waals surface area (Å²) in [5, 5.41) is 3.65. The van der Waals surface area contributed by atoms with E-state index in [1.165, 1.54) is 109 Å². The van der Waals surface area contributed by atoms with Crippen molar-refractivity contribution in [3.05, 3.63) is 0 Å². The van der Waals surface area contributed by atoms with Crippen molar-refractivity contribution in [2.24, 2.45) is 0 Å². The number of hydrogen-bond acceptors (Lipinski definition) is 3. The summed E-state index contributed by atoms with van der Waals surface area (Å²) in [6.07, 6.45) is 28.6. The Balaban J connectivity index is 1.83. The molecule has 0 spiro atoms. The first-order chi connectivity index (χ1) is 16.2. The summed E-state index contributed by atoms with van der Waals surface area (Å²) < 4.78 is 5.82. The summed E-state index contributed by atoms with van der Waals surface area (Å²) in [6.45, 7) is 11.1. The van der Waals surface area contributed by atoms with Crippen molar-refractivity contribution in [2.75, 3.05) is 0 Å². The van der Waals surface area contributed by atoms with Gasteiger partial charge in [-0.15, -0.1) is 0 Å². The van der Waals surface area contributed by atoms with E-state index in [1.54, 1.807) is 0 Å². The molecule has 0 unspecified atom stereocenters. The monoisotopic (exact) mass is 479 g/mol. The van der Waals surface area contributed by atoms with E-state index in [0.29, 0.717) is 6.42 Å². The smallest absolute Gasteiger partial charge is 0.306 e. The molecule has 0 saturated carbocycles. The maximum absolute atomic E-state index is 12.3. The van der Waals surface area contributed by atoms with E-state index in [4.69, 9.17) is 4.74 Å². The largest absolute Gasteiger partial charge is 0.462 e. The molecule has 1 aliphatic rings. The minimum atomic E-state index is 0.00507. The van der Waals surface area contributed by atoms with Crippen LogP contribution in [-0.4, -0.2) is 23.2 Å². The van der Waals surface area contributed by atoms with Crippen LogP contribution in [0, 0.1) is 0 Å². The molecule has 0 aromatic rings. The van der Waals surface area contributed by atoms with Crippen molar-refractivity contribution < 1.29 is 9.53 Å². The van der Waals surface area contributed by atoms with Gasteiger partial charge >= 0.3 is 5.97 Å². The van der Waals surface area contributed by atoms with Crippen molar-refractivity contribution >= 4 is 5.97 Å². The number of piperidine rings is 1. The molecule has 0 aromatic heterocycles. The Morgan fingerprint density at radius 2 is 0.941 bits per heavy atom.